The highest BCUT2D eigenvalue weighted by Crippen LogP contribution is 2.69. The lowest BCUT2D eigenvalue weighted by atomic mass is 9.43. The van der Waals surface area contributed by atoms with Gasteiger partial charge in [0.05, 0.1) is 11.7 Å². The quantitative estimate of drug-likeness (QED) is 0.489. The van der Waals surface area contributed by atoms with Crippen molar-refractivity contribution >= 4 is 0 Å². The topological polar surface area (TPSA) is 69.9 Å². The molecule has 4 nitrogen and oxygen atoms in total. The molecule has 0 radical (unpaired) electrons. The van der Waals surface area contributed by atoms with Gasteiger partial charge in [-0.15, -0.1) is 0 Å². The van der Waals surface area contributed by atoms with Crippen molar-refractivity contribution < 1.29 is 20.1 Å². The number of allylic oxidation sites excluding steroid dienone is 2. The molecule has 0 unspecified atom stereocenters. The SMILES string of the molecule is CO[C@@H]1C=C2[C@@H]3CC[C@H]([C@H](C)/C=C/[C@@H](C)C(C)C)[C@@]3(C)CC[C@]2(O)[C@@]2(C)CC[C@H](O)C[C@]12O. The van der Waals surface area contributed by atoms with E-state index in [0.29, 0.717) is 48.9 Å². The summed E-state index contributed by atoms with van der Waals surface area (Å²) in [5.74, 6) is 2.64. The van der Waals surface area contributed by atoms with E-state index in [9.17, 15) is 15.3 Å². The molecule has 0 aromatic rings. The van der Waals surface area contributed by atoms with Crippen LogP contribution >= 0.6 is 0 Å². The summed E-state index contributed by atoms with van der Waals surface area (Å²) >= 11 is 0. The fourth-order valence-corrected chi connectivity index (χ4v) is 8.35. The Morgan fingerprint density at radius 2 is 1.70 bits per heavy atom. The molecule has 0 aromatic heterocycles. The summed E-state index contributed by atoms with van der Waals surface area (Å²) in [4.78, 5) is 0. The highest BCUT2D eigenvalue weighted by molar-refractivity contribution is 5.40. The van der Waals surface area contributed by atoms with Crippen LogP contribution in [-0.2, 0) is 4.74 Å². The minimum Gasteiger partial charge on any atom is -0.393 e. The van der Waals surface area contributed by atoms with E-state index in [-0.39, 0.29) is 11.8 Å². The summed E-state index contributed by atoms with van der Waals surface area (Å²) in [7, 11) is 1.65. The lowest BCUT2D eigenvalue weighted by Crippen LogP contribution is -2.72. The van der Waals surface area contributed by atoms with Gasteiger partial charge in [0.1, 0.15) is 11.7 Å². The molecule has 188 valence electrons. The molecular weight excluding hydrogens is 412 g/mol. The van der Waals surface area contributed by atoms with Crippen LogP contribution in [0.2, 0.25) is 0 Å². The average Bonchev–Trinajstić information content (AvgIpc) is 3.10. The Kier molecular flexibility index (Phi) is 6.52. The molecule has 0 aliphatic heterocycles. The standard InChI is InChI=1S/C29H48O4/c1-18(2)19(3)8-9-20(4)22-10-11-23-24-16-25(33-7)29(32)17-21(30)12-13-27(29,6)28(24,31)15-14-26(22,23)5/h8-9,16,18-23,25,30-32H,10-15,17H2,1-7H3/b9-8+/t19-,20-,21+,22-,23+,25-,26-,27-,28-,29+/m1/s1. The van der Waals surface area contributed by atoms with Gasteiger partial charge >= 0.3 is 0 Å². The number of aliphatic hydroxyl groups is 3. The highest BCUT2D eigenvalue weighted by atomic mass is 16.5. The van der Waals surface area contributed by atoms with Gasteiger partial charge in [-0.25, -0.2) is 0 Å². The zero-order chi connectivity index (χ0) is 24.4. The zero-order valence-electron chi connectivity index (χ0n) is 22.0. The maximum Gasteiger partial charge on any atom is 0.105 e. The summed E-state index contributed by atoms with van der Waals surface area (Å²) in [6.07, 6.45) is 11.2. The van der Waals surface area contributed by atoms with Crippen LogP contribution in [0.25, 0.3) is 0 Å². The number of hydrogen-bond donors (Lipinski definition) is 3. The monoisotopic (exact) mass is 460 g/mol. The van der Waals surface area contributed by atoms with Crippen LogP contribution in [-0.4, -0.2) is 45.8 Å². The molecule has 0 aromatic carbocycles. The largest absolute Gasteiger partial charge is 0.393 e. The molecule has 4 rings (SSSR count). The minimum atomic E-state index is -1.26. The average molecular weight is 461 g/mol. The van der Waals surface area contributed by atoms with Gasteiger partial charge in [0.25, 0.3) is 0 Å². The molecule has 3 saturated carbocycles. The molecule has 4 aliphatic carbocycles. The Morgan fingerprint density at radius 1 is 1.00 bits per heavy atom. The fourth-order valence-electron chi connectivity index (χ4n) is 8.35. The number of rotatable bonds is 5. The lowest BCUT2D eigenvalue weighted by Gasteiger charge is -2.66. The van der Waals surface area contributed by atoms with Crippen LogP contribution in [0, 0.1) is 40.4 Å². The molecule has 0 saturated heterocycles. The van der Waals surface area contributed by atoms with Crippen LogP contribution in [0.5, 0.6) is 0 Å². The molecule has 33 heavy (non-hydrogen) atoms. The van der Waals surface area contributed by atoms with Crippen molar-refractivity contribution in [1.82, 2.24) is 0 Å². The number of ether oxygens (including phenoxy) is 1. The van der Waals surface area contributed by atoms with Gasteiger partial charge in [-0.1, -0.05) is 59.8 Å². The summed E-state index contributed by atoms with van der Waals surface area (Å²) in [6, 6.07) is 0. The maximum absolute atomic E-state index is 12.4. The van der Waals surface area contributed by atoms with Crippen molar-refractivity contribution in [3.8, 4) is 0 Å². The summed E-state index contributed by atoms with van der Waals surface area (Å²) in [5, 5.41) is 34.7. The first-order valence-corrected chi connectivity index (χ1v) is 13.4. The predicted octanol–water partition coefficient (Wildman–Crippen LogP) is 5.27. The number of methoxy groups -OCH3 is 1. The number of fused-ring (bicyclic) bond motifs is 5. The predicted molar refractivity (Wildman–Crippen MR) is 133 cm³/mol. The maximum atomic E-state index is 12.4. The van der Waals surface area contributed by atoms with E-state index in [0.717, 1.165) is 18.4 Å². The van der Waals surface area contributed by atoms with Gasteiger partial charge in [0.15, 0.2) is 0 Å². The lowest BCUT2D eigenvalue weighted by molar-refractivity contribution is -0.262. The summed E-state index contributed by atoms with van der Waals surface area (Å²) < 4.78 is 5.85. The van der Waals surface area contributed by atoms with E-state index in [1.807, 2.05) is 6.92 Å². The smallest absolute Gasteiger partial charge is 0.105 e. The van der Waals surface area contributed by atoms with Gasteiger partial charge in [-0.05, 0) is 79.1 Å². The van der Waals surface area contributed by atoms with Crippen molar-refractivity contribution in [2.24, 2.45) is 40.4 Å². The summed E-state index contributed by atoms with van der Waals surface area (Å²) in [5.41, 5.74) is -1.77. The Bertz CT molecular complexity index is 803. The second-order valence-corrected chi connectivity index (χ2v) is 12.9. The van der Waals surface area contributed by atoms with Crippen LogP contribution < -0.4 is 0 Å². The highest BCUT2D eigenvalue weighted by Gasteiger charge is 2.71. The molecule has 3 fully saturated rings. The third-order valence-electron chi connectivity index (χ3n) is 11.1. The molecule has 0 heterocycles. The first-order chi connectivity index (χ1) is 15.3. The molecular formula is C29H48O4. The van der Waals surface area contributed by atoms with Crippen LogP contribution in [0.1, 0.15) is 86.5 Å². The Labute approximate surface area is 201 Å². The third kappa shape index (κ3) is 3.53. The molecule has 3 N–H and O–H groups in total. The molecule has 0 bridgehead atoms. The Morgan fingerprint density at radius 3 is 2.33 bits per heavy atom. The van der Waals surface area contributed by atoms with E-state index in [1.54, 1.807) is 7.11 Å². The number of hydrogen-bond acceptors (Lipinski definition) is 4. The van der Waals surface area contributed by atoms with E-state index in [4.69, 9.17) is 4.74 Å². The van der Waals surface area contributed by atoms with Gasteiger partial charge < -0.3 is 20.1 Å². The van der Waals surface area contributed by atoms with Crippen molar-refractivity contribution in [2.45, 2.75) is 110 Å². The van der Waals surface area contributed by atoms with Crippen LogP contribution in [0.3, 0.4) is 0 Å². The molecule has 10 atom stereocenters. The van der Waals surface area contributed by atoms with Crippen molar-refractivity contribution in [1.29, 1.82) is 0 Å². The third-order valence-corrected chi connectivity index (χ3v) is 11.1. The van der Waals surface area contributed by atoms with E-state index in [2.05, 4.69) is 52.8 Å². The van der Waals surface area contributed by atoms with Gasteiger partial charge in [-0.3, -0.25) is 0 Å². The fraction of sp³-hybridized carbons (Fsp3) is 0.862. The van der Waals surface area contributed by atoms with Gasteiger partial charge in [0, 0.05) is 18.9 Å². The Balaban J connectivity index is 1.69. The van der Waals surface area contributed by atoms with Gasteiger partial charge in [0.2, 0.25) is 0 Å². The normalized spacial score (nSPS) is 49.4. The Hall–Kier alpha value is -0.680. The van der Waals surface area contributed by atoms with E-state index in [1.165, 1.54) is 6.42 Å². The van der Waals surface area contributed by atoms with Crippen molar-refractivity contribution in [3.05, 3.63) is 23.8 Å². The van der Waals surface area contributed by atoms with Crippen molar-refractivity contribution in [2.75, 3.05) is 7.11 Å². The van der Waals surface area contributed by atoms with Crippen molar-refractivity contribution in [3.63, 3.8) is 0 Å². The first kappa shape index (κ1) is 25.4. The molecule has 4 aliphatic rings. The summed E-state index contributed by atoms with van der Waals surface area (Å²) in [6.45, 7) is 13.7. The first-order valence-electron chi connectivity index (χ1n) is 13.4. The van der Waals surface area contributed by atoms with Crippen LogP contribution in [0.15, 0.2) is 23.8 Å². The van der Waals surface area contributed by atoms with E-state index < -0.39 is 28.8 Å². The second-order valence-electron chi connectivity index (χ2n) is 12.9. The minimum absolute atomic E-state index is 0.140. The molecule has 4 heteroatoms. The van der Waals surface area contributed by atoms with Gasteiger partial charge in [-0.2, -0.15) is 0 Å². The molecule has 0 spiro atoms. The molecule has 0 amide bonds. The second kappa shape index (κ2) is 8.47. The van der Waals surface area contributed by atoms with E-state index >= 15 is 0 Å². The zero-order valence-corrected chi connectivity index (χ0v) is 22.0. The number of aliphatic hydroxyl groups excluding tert-OH is 1. The van der Waals surface area contributed by atoms with Crippen LogP contribution in [0.4, 0.5) is 0 Å².